The molecule has 0 amide bonds. The molecule has 134 valence electrons. The minimum Gasteiger partial charge on any atom is -0.302 e. The lowest BCUT2D eigenvalue weighted by Crippen LogP contribution is -2.01. The number of para-hydroxylation sites is 1. The monoisotopic (exact) mass is 387 g/mol. The fourth-order valence-corrected chi connectivity index (χ4v) is 4.10. The van der Waals surface area contributed by atoms with Gasteiger partial charge in [-0.05, 0) is 25.3 Å². The molecule has 0 aliphatic heterocycles. The second-order valence-electron chi connectivity index (χ2n) is 5.29. The van der Waals surface area contributed by atoms with Crippen molar-refractivity contribution in [3.05, 3.63) is 58.3 Å². The molecule has 0 N–H and O–H groups in total. The van der Waals surface area contributed by atoms with E-state index in [-0.39, 0.29) is 10.6 Å². The highest BCUT2D eigenvalue weighted by molar-refractivity contribution is 7.98. The summed E-state index contributed by atoms with van der Waals surface area (Å²) in [5.41, 5.74) is 1.73. The quantitative estimate of drug-likeness (QED) is 0.340. The topological polar surface area (TPSA) is 86.7 Å². The van der Waals surface area contributed by atoms with Crippen LogP contribution in [0.1, 0.15) is 12.5 Å². The van der Waals surface area contributed by atoms with Crippen molar-refractivity contribution in [1.82, 2.24) is 19.7 Å². The van der Waals surface area contributed by atoms with E-state index >= 15 is 0 Å². The van der Waals surface area contributed by atoms with Crippen LogP contribution >= 0.6 is 23.5 Å². The van der Waals surface area contributed by atoms with Crippen molar-refractivity contribution in [2.24, 2.45) is 0 Å². The van der Waals surface area contributed by atoms with Gasteiger partial charge < -0.3 is 4.57 Å². The van der Waals surface area contributed by atoms with Crippen molar-refractivity contribution in [1.29, 1.82) is 0 Å². The van der Waals surface area contributed by atoms with E-state index in [1.165, 1.54) is 17.8 Å². The lowest BCUT2D eigenvalue weighted by atomic mass is 10.2. The minimum absolute atomic E-state index is 0.125. The second-order valence-corrected chi connectivity index (χ2v) is 7.02. The van der Waals surface area contributed by atoms with Gasteiger partial charge in [0.1, 0.15) is 5.03 Å². The number of benzene rings is 1. The molecule has 1 aromatic carbocycles. The Morgan fingerprint density at radius 1 is 1.19 bits per heavy atom. The Labute approximate surface area is 159 Å². The smallest absolute Gasteiger partial charge is 0.273 e. The summed E-state index contributed by atoms with van der Waals surface area (Å²) < 4.78 is 2.01. The van der Waals surface area contributed by atoms with Gasteiger partial charge in [-0.3, -0.25) is 10.1 Å². The molecule has 0 fully saturated rings. The zero-order valence-electron chi connectivity index (χ0n) is 14.3. The van der Waals surface area contributed by atoms with Gasteiger partial charge in [0.15, 0.2) is 11.0 Å². The van der Waals surface area contributed by atoms with Crippen molar-refractivity contribution in [2.75, 3.05) is 6.26 Å². The molecule has 0 saturated carbocycles. The zero-order valence-corrected chi connectivity index (χ0v) is 16.0. The Balaban J connectivity index is 1.89. The molecular weight excluding hydrogens is 370 g/mol. The van der Waals surface area contributed by atoms with E-state index < -0.39 is 0 Å². The largest absolute Gasteiger partial charge is 0.302 e. The number of rotatable bonds is 7. The zero-order chi connectivity index (χ0) is 18.5. The van der Waals surface area contributed by atoms with Crippen LogP contribution in [0.2, 0.25) is 0 Å². The van der Waals surface area contributed by atoms with Gasteiger partial charge in [-0.15, -0.1) is 22.0 Å². The van der Waals surface area contributed by atoms with Gasteiger partial charge in [0.2, 0.25) is 0 Å². The molecular formula is C17H17N5O2S2. The summed E-state index contributed by atoms with van der Waals surface area (Å²) in [5, 5.41) is 21.4. The number of hydrogen-bond acceptors (Lipinski definition) is 7. The lowest BCUT2D eigenvalue weighted by molar-refractivity contribution is -0.385. The van der Waals surface area contributed by atoms with Crippen molar-refractivity contribution in [2.45, 2.75) is 29.4 Å². The number of thioether (sulfide) groups is 2. The SMILES string of the molecule is CCn1c(SCc2ccccc2[N+](=O)[O-])nnc1-c1cccnc1SC. The van der Waals surface area contributed by atoms with Crippen LogP contribution in [0.25, 0.3) is 11.4 Å². The molecule has 0 bridgehead atoms. The summed E-state index contributed by atoms with van der Waals surface area (Å²) in [6, 6.07) is 10.6. The molecule has 9 heteroatoms. The maximum atomic E-state index is 11.2. The molecule has 2 heterocycles. The Morgan fingerprint density at radius 3 is 2.73 bits per heavy atom. The Morgan fingerprint density at radius 2 is 2.00 bits per heavy atom. The molecule has 0 spiro atoms. The average Bonchev–Trinajstić information content (AvgIpc) is 3.09. The average molecular weight is 387 g/mol. The normalized spacial score (nSPS) is 10.8. The molecule has 3 rings (SSSR count). The summed E-state index contributed by atoms with van der Waals surface area (Å²) >= 11 is 3.00. The highest BCUT2D eigenvalue weighted by atomic mass is 32.2. The van der Waals surface area contributed by atoms with Crippen LogP contribution in [-0.2, 0) is 12.3 Å². The van der Waals surface area contributed by atoms with E-state index in [0.29, 0.717) is 17.9 Å². The van der Waals surface area contributed by atoms with Gasteiger partial charge in [0.25, 0.3) is 5.69 Å². The van der Waals surface area contributed by atoms with E-state index in [1.807, 2.05) is 29.9 Å². The minimum atomic E-state index is -0.355. The first-order valence-electron chi connectivity index (χ1n) is 7.93. The summed E-state index contributed by atoms with van der Waals surface area (Å²) in [7, 11) is 0. The molecule has 0 radical (unpaired) electrons. The summed E-state index contributed by atoms with van der Waals surface area (Å²) in [6.07, 6.45) is 3.73. The van der Waals surface area contributed by atoms with Crippen LogP contribution in [0.15, 0.2) is 52.8 Å². The Bertz CT molecular complexity index is 929. The molecule has 2 aromatic heterocycles. The first kappa shape index (κ1) is 18.4. The van der Waals surface area contributed by atoms with Crippen LogP contribution in [0.5, 0.6) is 0 Å². The predicted molar refractivity (Wildman–Crippen MR) is 103 cm³/mol. The van der Waals surface area contributed by atoms with Crippen molar-refractivity contribution < 1.29 is 4.92 Å². The molecule has 0 unspecified atom stereocenters. The molecule has 0 aliphatic carbocycles. The van der Waals surface area contributed by atoms with E-state index in [1.54, 1.807) is 36.2 Å². The molecule has 26 heavy (non-hydrogen) atoms. The molecule has 0 saturated heterocycles. The second kappa shape index (κ2) is 8.33. The summed E-state index contributed by atoms with van der Waals surface area (Å²) in [4.78, 5) is 15.2. The van der Waals surface area contributed by atoms with Crippen molar-refractivity contribution in [3.63, 3.8) is 0 Å². The maximum absolute atomic E-state index is 11.2. The van der Waals surface area contributed by atoms with Crippen molar-refractivity contribution in [3.8, 4) is 11.4 Å². The van der Waals surface area contributed by atoms with Crippen LogP contribution in [-0.4, -0.2) is 30.9 Å². The number of nitrogens with zero attached hydrogens (tertiary/aromatic N) is 5. The summed E-state index contributed by atoms with van der Waals surface area (Å²) in [5.74, 6) is 1.22. The summed E-state index contributed by atoms with van der Waals surface area (Å²) in [6.45, 7) is 2.72. The standard InChI is InChI=1S/C17H17N5O2S2/c1-3-21-15(13-8-6-10-18-16(13)25-2)19-20-17(21)26-11-12-7-4-5-9-14(12)22(23)24/h4-10H,3,11H2,1-2H3. The predicted octanol–water partition coefficient (Wildman–Crippen LogP) is 4.28. The van der Waals surface area contributed by atoms with E-state index in [0.717, 1.165) is 21.6 Å². The van der Waals surface area contributed by atoms with E-state index in [4.69, 9.17) is 0 Å². The maximum Gasteiger partial charge on any atom is 0.273 e. The molecule has 7 nitrogen and oxygen atoms in total. The number of pyridine rings is 1. The Kier molecular flexibility index (Phi) is 5.89. The van der Waals surface area contributed by atoms with Crippen LogP contribution < -0.4 is 0 Å². The molecule has 0 aliphatic rings. The molecule has 0 atom stereocenters. The lowest BCUT2D eigenvalue weighted by Gasteiger charge is -2.09. The van der Waals surface area contributed by atoms with Crippen LogP contribution in [0.4, 0.5) is 5.69 Å². The van der Waals surface area contributed by atoms with E-state index in [2.05, 4.69) is 15.2 Å². The number of nitro benzene ring substituents is 1. The fraction of sp³-hybridized carbons (Fsp3) is 0.235. The highest BCUT2D eigenvalue weighted by Gasteiger charge is 2.18. The number of hydrogen-bond donors (Lipinski definition) is 0. The third-order valence-corrected chi connectivity index (χ3v) is 5.51. The van der Waals surface area contributed by atoms with Gasteiger partial charge in [-0.25, -0.2) is 4.98 Å². The van der Waals surface area contributed by atoms with Gasteiger partial charge in [0, 0.05) is 30.1 Å². The number of nitro groups is 1. The number of aromatic nitrogens is 4. The third kappa shape index (κ3) is 3.73. The highest BCUT2D eigenvalue weighted by Crippen LogP contribution is 2.32. The third-order valence-electron chi connectivity index (χ3n) is 3.78. The van der Waals surface area contributed by atoms with Gasteiger partial charge >= 0.3 is 0 Å². The van der Waals surface area contributed by atoms with Gasteiger partial charge in [-0.1, -0.05) is 30.0 Å². The van der Waals surface area contributed by atoms with Crippen molar-refractivity contribution >= 4 is 29.2 Å². The van der Waals surface area contributed by atoms with Crippen LogP contribution in [0.3, 0.4) is 0 Å². The molecule has 3 aromatic rings. The van der Waals surface area contributed by atoms with Gasteiger partial charge in [0.05, 0.1) is 10.5 Å². The first-order chi connectivity index (χ1) is 12.7. The van der Waals surface area contributed by atoms with Crippen LogP contribution in [0, 0.1) is 10.1 Å². The van der Waals surface area contributed by atoms with E-state index in [9.17, 15) is 10.1 Å². The fourth-order valence-electron chi connectivity index (χ4n) is 2.56. The first-order valence-corrected chi connectivity index (χ1v) is 10.1. The van der Waals surface area contributed by atoms with Gasteiger partial charge in [-0.2, -0.15) is 0 Å². The Hall–Kier alpha value is -2.39.